The van der Waals surface area contributed by atoms with E-state index in [0.717, 1.165) is 28.9 Å². The molecule has 0 aromatic heterocycles. The summed E-state index contributed by atoms with van der Waals surface area (Å²) >= 11 is 5.51. The van der Waals surface area contributed by atoms with Gasteiger partial charge in [-0.25, -0.2) is 0 Å². The van der Waals surface area contributed by atoms with Gasteiger partial charge in [-0.2, -0.15) is 11.8 Å². The van der Waals surface area contributed by atoms with Crippen molar-refractivity contribution >= 4 is 27.7 Å². The van der Waals surface area contributed by atoms with Crippen LogP contribution in [0, 0.1) is 5.92 Å². The van der Waals surface area contributed by atoms with Gasteiger partial charge in [-0.3, -0.25) is 0 Å². The van der Waals surface area contributed by atoms with Crippen LogP contribution in [-0.2, 0) is 0 Å². The number of nitrogens with one attached hydrogen (secondary N) is 1. The molecule has 2 unspecified atom stereocenters. The highest BCUT2D eigenvalue weighted by molar-refractivity contribution is 9.10. The second-order valence-electron chi connectivity index (χ2n) is 4.80. The van der Waals surface area contributed by atoms with Crippen molar-refractivity contribution in [2.75, 3.05) is 18.1 Å². The molecule has 2 N–H and O–H groups in total. The standard InChI is InChI=1S/C14H20BrNOS/c1-2-13(16-8-10-5-6-18-9-10)12-7-11(15)3-4-14(12)17/h3-4,7,10,13,16-17H,2,5-6,8-9H2,1H3. The van der Waals surface area contributed by atoms with E-state index in [4.69, 9.17) is 0 Å². The summed E-state index contributed by atoms with van der Waals surface area (Å²) in [6.07, 6.45) is 2.31. The fraction of sp³-hybridized carbons (Fsp3) is 0.571. The number of halogens is 1. The Morgan fingerprint density at radius 2 is 2.39 bits per heavy atom. The molecule has 2 atom stereocenters. The largest absolute Gasteiger partial charge is 0.508 e. The third kappa shape index (κ3) is 3.65. The molecule has 1 aromatic carbocycles. The lowest BCUT2D eigenvalue weighted by molar-refractivity contribution is 0.420. The number of hydrogen-bond acceptors (Lipinski definition) is 3. The van der Waals surface area contributed by atoms with E-state index in [1.807, 2.05) is 23.9 Å². The van der Waals surface area contributed by atoms with Gasteiger partial charge in [0.25, 0.3) is 0 Å². The van der Waals surface area contributed by atoms with E-state index in [0.29, 0.717) is 5.75 Å². The molecule has 100 valence electrons. The van der Waals surface area contributed by atoms with Gasteiger partial charge in [0, 0.05) is 16.1 Å². The van der Waals surface area contributed by atoms with Gasteiger partial charge >= 0.3 is 0 Å². The normalized spacial score (nSPS) is 21.1. The first-order chi connectivity index (χ1) is 8.70. The lowest BCUT2D eigenvalue weighted by atomic mass is 10.0. The highest BCUT2D eigenvalue weighted by Gasteiger charge is 2.19. The Balaban J connectivity index is 2.00. The molecule has 0 radical (unpaired) electrons. The zero-order valence-corrected chi connectivity index (χ0v) is 13.1. The summed E-state index contributed by atoms with van der Waals surface area (Å²) < 4.78 is 1.02. The maximum Gasteiger partial charge on any atom is 0.120 e. The summed E-state index contributed by atoms with van der Waals surface area (Å²) in [4.78, 5) is 0. The summed E-state index contributed by atoms with van der Waals surface area (Å²) in [5, 5.41) is 13.6. The van der Waals surface area contributed by atoms with Crippen LogP contribution in [-0.4, -0.2) is 23.2 Å². The Labute approximate surface area is 122 Å². The van der Waals surface area contributed by atoms with Crippen molar-refractivity contribution in [3.63, 3.8) is 0 Å². The van der Waals surface area contributed by atoms with E-state index in [1.54, 1.807) is 6.07 Å². The third-order valence-electron chi connectivity index (χ3n) is 3.45. The molecule has 0 saturated carbocycles. The van der Waals surface area contributed by atoms with E-state index in [1.165, 1.54) is 17.9 Å². The molecule has 1 aliphatic rings. The Hall–Kier alpha value is -0.190. The van der Waals surface area contributed by atoms with E-state index in [2.05, 4.69) is 28.2 Å². The van der Waals surface area contributed by atoms with Crippen LogP contribution < -0.4 is 5.32 Å². The fourth-order valence-electron chi connectivity index (χ4n) is 2.33. The number of rotatable bonds is 5. The minimum atomic E-state index is 0.244. The topological polar surface area (TPSA) is 32.3 Å². The lowest BCUT2D eigenvalue weighted by Crippen LogP contribution is -2.27. The molecule has 1 fully saturated rings. The van der Waals surface area contributed by atoms with E-state index in [9.17, 15) is 5.11 Å². The summed E-state index contributed by atoms with van der Waals surface area (Å²) in [5.74, 6) is 3.75. The molecule has 2 rings (SSSR count). The van der Waals surface area contributed by atoms with Crippen LogP contribution in [0.4, 0.5) is 0 Å². The number of thioether (sulfide) groups is 1. The van der Waals surface area contributed by atoms with Gasteiger partial charge < -0.3 is 10.4 Å². The molecule has 1 heterocycles. The van der Waals surface area contributed by atoms with Crippen molar-refractivity contribution in [2.24, 2.45) is 5.92 Å². The first-order valence-corrected chi connectivity index (χ1v) is 8.45. The van der Waals surface area contributed by atoms with Crippen LogP contribution in [0.25, 0.3) is 0 Å². The van der Waals surface area contributed by atoms with Crippen LogP contribution in [0.15, 0.2) is 22.7 Å². The molecular formula is C14H20BrNOS. The summed E-state index contributed by atoms with van der Waals surface area (Å²) in [5.41, 5.74) is 0.998. The van der Waals surface area contributed by atoms with Crippen molar-refractivity contribution in [3.8, 4) is 5.75 Å². The van der Waals surface area contributed by atoms with Gasteiger partial charge in [-0.05, 0) is 55.0 Å². The SMILES string of the molecule is CCC(NCC1CCSC1)c1cc(Br)ccc1O. The smallest absolute Gasteiger partial charge is 0.120 e. The zero-order valence-electron chi connectivity index (χ0n) is 10.7. The zero-order chi connectivity index (χ0) is 13.0. The molecule has 0 spiro atoms. The molecule has 0 bridgehead atoms. The lowest BCUT2D eigenvalue weighted by Gasteiger charge is -2.21. The van der Waals surface area contributed by atoms with Crippen molar-refractivity contribution < 1.29 is 5.11 Å². The Kier molecular flexibility index (Phi) is 5.39. The summed E-state index contributed by atoms with van der Waals surface area (Å²) in [6.45, 7) is 3.21. The van der Waals surface area contributed by atoms with Gasteiger partial charge in [-0.1, -0.05) is 22.9 Å². The van der Waals surface area contributed by atoms with E-state index >= 15 is 0 Å². The minimum Gasteiger partial charge on any atom is -0.508 e. The van der Waals surface area contributed by atoms with E-state index in [-0.39, 0.29) is 6.04 Å². The molecule has 0 amide bonds. The number of phenols is 1. The number of aromatic hydroxyl groups is 1. The second kappa shape index (κ2) is 6.83. The average Bonchev–Trinajstić information content (AvgIpc) is 2.87. The molecule has 1 saturated heterocycles. The predicted octanol–water partition coefficient (Wildman–Crippen LogP) is 3.95. The third-order valence-corrected chi connectivity index (χ3v) is 5.17. The summed E-state index contributed by atoms with van der Waals surface area (Å²) in [6, 6.07) is 5.89. The number of phenolic OH excluding ortho intramolecular Hbond substituents is 1. The molecule has 1 aromatic rings. The van der Waals surface area contributed by atoms with Crippen LogP contribution in [0.3, 0.4) is 0 Å². The molecular weight excluding hydrogens is 310 g/mol. The van der Waals surface area contributed by atoms with Gasteiger partial charge in [0.1, 0.15) is 5.75 Å². The van der Waals surface area contributed by atoms with Gasteiger partial charge in [0.05, 0.1) is 0 Å². The fourth-order valence-corrected chi connectivity index (χ4v) is 4.00. The minimum absolute atomic E-state index is 0.244. The molecule has 0 aliphatic carbocycles. The molecule has 2 nitrogen and oxygen atoms in total. The number of hydrogen-bond donors (Lipinski definition) is 2. The highest BCUT2D eigenvalue weighted by Crippen LogP contribution is 2.30. The van der Waals surface area contributed by atoms with Crippen LogP contribution in [0.1, 0.15) is 31.4 Å². The van der Waals surface area contributed by atoms with Crippen molar-refractivity contribution in [2.45, 2.75) is 25.8 Å². The average molecular weight is 330 g/mol. The van der Waals surface area contributed by atoms with E-state index < -0.39 is 0 Å². The summed E-state index contributed by atoms with van der Waals surface area (Å²) in [7, 11) is 0. The Morgan fingerprint density at radius 1 is 1.56 bits per heavy atom. The van der Waals surface area contributed by atoms with Crippen molar-refractivity contribution in [3.05, 3.63) is 28.2 Å². The Morgan fingerprint density at radius 3 is 3.06 bits per heavy atom. The predicted molar refractivity (Wildman–Crippen MR) is 82.3 cm³/mol. The monoisotopic (exact) mass is 329 g/mol. The second-order valence-corrected chi connectivity index (χ2v) is 6.87. The van der Waals surface area contributed by atoms with Crippen molar-refractivity contribution in [1.82, 2.24) is 5.32 Å². The molecule has 1 aliphatic heterocycles. The van der Waals surface area contributed by atoms with Crippen LogP contribution in [0.2, 0.25) is 0 Å². The first-order valence-electron chi connectivity index (χ1n) is 6.50. The Bertz CT molecular complexity index is 393. The maximum atomic E-state index is 9.96. The molecule has 18 heavy (non-hydrogen) atoms. The van der Waals surface area contributed by atoms with Crippen molar-refractivity contribution in [1.29, 1.82) is 0 Å². The molecule has 4 heteroatoms. The van der Waals surface area contributed by atoms with Gasteiger partial charge in [0.15, 0.2) is 0 Å². The van der Waals surface area contributed by atoms with Crippen LogP contribution >= 0.6 is 27.7 Å². The quantitative estimate of drug-likeness (QED) is 0.857. The first kappa shape index (κ1) is 14.2. The maximum absolute atomic E-state index is 9.96. The number of benzene rings is 1. The highest BCUT2D eigenvalue weighted by atomic mass is 79.9. The van der Waals surface area contributed by atoms with Gasteiger partial charge in [-0.15, -0.1) is 0 Å². The van der Waals surface area contributed by atoms with Gasteiger partial charge in [0.2, 0.25) is 0 Å². The van der Waals surface area contributed by atoms with Crippen LogP contribution in [0.5, 0.6) is 5.75 Å².